The molecule has 1 amide bonds. The summed E-state index contributed by atoms with van der Waals surface area (Å²) in [5.74, 6) is -0.604. The molecule has 2 N–H and O–H groups in total. The summed E-state index contributed by atoms with van der Waals surface area (Å²) in [6.45, 7) is 1.75. The molecule has 0 aliphatic heterocycles. The lowest BCUT2D eigenvalue weighted by Crippen LogP contribution is -2.37. The number of benzene rings is 1. The van der Waals surface area contributed by atoms with E-state index in [9.17, 15) is 14.4 Å². The van der Waals surface area contributed by atoms with Crippen LogP contribution in [-0.2, 0) is 7.05 Å². The number of H-pyrrole nitrogens is 1. The molecule has 0 saturated carbocycles. The highest BCUT2D eigenvalue weighted by Gasteiger charge is 2.14. The van der Waals surface area contributed by atoms with Crippen LogP contribution in [0.1, 0.15) is 15.9 Å². The molecule has 0 spiro atoms. The van der Waals surface area contributed by atoms with Crippen LogP contribution in [0.15, 0.2) is 34.0 Å². The van der Waals surface area contributed by atoms with Crippen molar-refractivity contribution in [2.24, 2.45) is 7.05 Å². The Balaban J connectivity index is 2.39. The first-order valence-corrected chi connectivity index (χ1v) is 6.15. The van der Waals surface area contributed by atoms with Crippen LogP contribution in [0.4, 0.5) is 5.69 Å². The Kier molecular flexibility index (Phi) is 3.76. The number of amides is 1. The zero-order valence-corrected chi connectivity index (χ0v) is 11.6. The molecule has 2 aromatic rings. The van der Waals surface area contributed by atoms with Crippen LogP contribution in [0.5, 0.6) is 0 Å². The van der Waals surface area contributed by atoms with Crippen LogP contribution in [0.3, 0.4) is 0 Å². The maximum absolute atomic E-state index is 12.1. The van der Waals surface area contributed by atoms with Crippen LogP contribution in [0.25, 0.3) is 0 Å². The van der Waals surface area contributed by atoms with Crippen LogP contribution in [0.2, 0.25) is 5.02 Å². The maximum Gasteiger partial charge on any atom is 0.328 e. The highest BCUT2D eigenvalue weighted by atomic mass is 35.5. The fourth-order valence-electron chi connectivity index (χ4n) is 1.66. The van der Waals surface area contributed by atoms with Crippen molar-refractivity contribution in [1.29, 1.82) is 0 Å². The maximum atomic E-state index is 12.1. The number of carbonyl (C=O) groups is 1. The number of hydrogen-bond donors (Lipinski definition) is 2. The molecule has 1 aromatic heterocycles. The van der Waals surface area contributed by atoms with Gasteiger partial charge in [0.1, 0.15) is 5.56 Å². The molecular formula is C13H12ClN3O3. The van der Waals surface area contributed by atoms with E-state index >= 15 is 0 Å². The summed E-state index contributed by atoms with van der Waals surface area (Å²) < 4.78 is 0.833. The number of anilines is 1. The van der Waals surface area contributed by atoms with Crippen molar-refractivity contribution in [3.05, 3.63) is 61.4 Å². The van der Waals surface area contributed by atoms with E-state index in [1.807, 2.05) is 0 Å². The molecule has 0 bridgehead atoms. The van der Waals surface area contributed by atoms with E-state index in [2.05, 4.69) is 10.3 Å². The van der Waals surface area contributed by atoms with Crippen LogP contribution < -0.4 is 16.6 Å². The molecule has 7 heteroatoms. The van der Waals surface area contributed by atoms with Crippen molar-refractivity contribution in [2.75, 3.05) is 5.32 Å². The van der Waals surface area contributed by atoms with Gasteiger partial charge in [0, 0.05) is 24.0 Å². The highest BCUT2D eigenvalue weighted by molar-refractivity contribution is 6.31. The van der Waals surface area contributed by atoms with E-state index in [-0.39, 0.29) is 5.56 Å². The van der Waals surface area contributed by atoms with E-state index in [0.29, 0.717) is 16.3 Å². The fourth-order valence-corrected chi connectivity index (χ4v) is 1.84. The predicted molar refractivity (Wildman–Crippen MR) is 76.4 cm³/mol. The van der Waals surface area contributed by atoms with E-state index in [4.69, 9.17) is 11.6 Å². The summed E-state index contributed by atoms with van der Waals surface area (Å²) in [4.78, 5) is 37.5. The van der Waals surface area contributed by atoms with Gasteiger partial charge in [0.2, 0.25) is 0 Å². The minimum atomic E-state index is -0.661. The molecular weight excluding hydrogens is 282 g/mol. The third kappa shape index (κ3) is 2.50. The van der Waals surface area contributed by atoms with E-state index in [0.717, 1.165) is 10.8 Å². The summed E-state index contributed by atoms with van der Waals surface area (Å²) in [6, 6.07) is 5.07. The quantitative estimate of drug-likeness (QED) is 0.875. The monoisotopic (exact) mass is 293 g/mol. The standard InChI is InChI=1S/C13H12ClN3O3/c1-7-9(14)4-3-5-10(7)16-11(18)8-6-15-13(20)17(2)12(8)19/h3-6H,1-2H3,(H,15,20)(H,16,18). The second-order valence-electron chi connectivity index (χ2n) is 4.24. The van der Waals surface area contributed by atoms with Gasteiger partial charge in [0.15, 0.2) is 0 Å². The lowest BCUT2D eigenvalue weighted by molar-refractivity contribution is 0.102. The molecule has 6 nitrogen and oxygen atoms in total. The molecule has 20 heavy (non-hydrogen) atoms. The second-order valence-corrected chi connectivity index (χ2v) is 4.65. The Bertz CT molecular complexity index is 792. The van der Waals surface area contributed by atoms with E-state index in [1.165, 1.54) is 7.05 Å². The first-order chi connectivity index (χ1) is 9.41. The van der Waals surface area contributed by atoms with Crippen molar-refractivity contribution < 1.29 is 4.79 Å². The summed E-state index contributed by atoms with van der Waals surface area (Å²) in [5, 5.41) is 3.11. The predicted octanol–water partition coefficient (Wildman–Crippen LogP) is 1.29. The van der Waals surface area contributed by atoms with Crippen LogP contribution >= 0.6 is 11.6 Å². The minimum Gasteiger partial charge on any atom is -0.321 e. The van der Waals surface area contributed by atoms with Gasteiger partial charge in [-0.25, -0.2) is 4.79 Å². The average Bonchev–Trinajstić information content (AvgIpc) is 2.41. The zero-order chi connectivity index (χ0) is 14.9. The lowest BCUT2D eigenvalue weighted by Gasteiger charge is -2.09. The third-order valence-electron chi connectivity index (χ3n) is 2.94. The molecule has 0 aliphatic carbocycles. The third-order valence-corrected chi connectivity index (χ3v) is 3.35. The Labute approximate surface area is 119 Å². The molecule has 0 unspecified atom stereocenters. The van der Waals surface area contributed by atoms with Crippen molar-refractivity contribution >= 4 is 23.2 Å². The molecule has 104 valence electrons. The number of nitrogens with zero attached hydrogens (tertiary/aromatic N) is 1. The largest absolute Gasteiger partial charge is 0.328 e. The first-order valence-electron chi connectivity index (χ1n) is 5.77. The van der Waals surface area contributed by atoms with Crippen molar-refractivity contribution in [3.63, 3.8) is 0 Å². The van der Waals surface area contributed by atoms with Crippen molar-refractivity contribution in [2.45, 2.75) is 6.92 Å². The van der Waals surface area contributed by atoms with Crippen LogP contribution in [-0.4, -0.2) is 15.5 Å². The van der Waals surface area contributed by atoms with E-state index in [1.54, 1.807) is 25.1 Å². The molecule has 1 aromatic carbocycles. The van der Waals surface area contributed by atoms with Gasteiger partial charge in [-0.2, -0.15) is 0 Å². The molecule has 0 aliphatic rings. The van der Waals surface area contributed by atoms with E-state index < -0.39 is 17.2 Å². The fraction of sp³-hybridized carbons (Fsp3) is 0.154. The van der Waals surface area contributed by atoms with Gasteiger partial charge < -0.3 is 10.3 Å². The van der Waals surface area contributed by atoms with Gasteiger partial charge in [-0.15, -0.1) is 0 Å². The Morgan fingerprint density at radius 1 is 1.35 bits per heavy atom. The van der Waals surface area contributed by atoms with Gasteiger partial charge >= 0.3 is 5.69 Å². The lowest BCUT2D eigenvalue weighted by atomic mass is 10.2. The smallest absolute Gasteiger partial charge is 0.321 e. The second kappa shape index (κ2) is 5.34. The van der Waals surface area contributed by atoms with Gasteiger partial charge in [0.25, 0.3) is 11.5 Å². The summed E-state index contributed by atoms with van der Waals surface area (Å²) in [7, 11) is 1.29. The molecule has 1 heterocycles. The van der Waals surface area contributed by atoms with Gasteiger partial charge in [-0.1, -0.05) is 17.7 Å². The molecule has 0 radical (unpaired) electrons. The molecule has 0 fully saturated rings. The first kappa shape index (κ1) is 14.1. The molecule has 0 saturated heterocycles. The van der Waals surface area contributed by atoms with Gasteiger partial charge in [-0.3, -0.25) is 14.2 Å². The van der Waals surface area contributed by atoms with Crippen LogP contribution in [0, 0.1) is 6.92 Å². The number of nitrogens with one attached hydrogen (secondary N) is 2. The number of hydrogen-bond acceptors (Lipinski definition) is 3. The summed E-state index contributed by atoms with van der Waals surface area (Å²) in [6.07, 6.45) is 1.10. The number of halogens is 1. The molecule has 2 rings (SSSR count). The van der Waals surface area contributed by atoms with Crippen molar-refractivity contribution in [3.8, 4) is 0 Å². The van der Waals surface area contributed by atoms with Gasteiger partial charge in [0.05, 0.1) is 0 Å². The average molecular weight is 294 g/mol. The Morgan fingerprint density at radius 3 is 2.75 bits per heavy atom. The summed E-state index contributed by atoms with van der Waals surface area (Å²) >= 11 is 5.96. The topological polar surface area (TPSA) is 84.0 Å². The number of aromatic nitrogens is 2. The zero-order valence-electron chi connectivity index (χ0n) is 10.9. The molecule has 0 atom stereocenters. The highest BCUT2D eigenvalue weighted by Crippen LogP contribution is 2.23. The normalized spacial score (nSPS) is 10.3. The van der Waals surface area contributed by atoms with Gasteiger partial charge in [-0.05, 0) is 24.6 Å². The number of carbonyl (C=O) groups excluding carboxylic acids is 1. The number of rotatable bonds is 2. The SMILES string of the molecule is Cc1c(Cl)cccc1NC(=O)c1c[nH]c(=O)n(C)c1=O. The minimum absolute atomic E-state index is 0.147. The number of aromatic amines is 1. The summed E-state index contributed by atoms with van der Waals surface area (Å²) in [5.41, 5.74) is -0.178. The Hall–Kier alpha value is -2.34. The Morgan fingerprint density at radius 2 is 2.05 bits per heavy atom. The van der Waals surface area contributed by atoms with Crippen molar-refractivity contribution in [1.82, 2.24) is 9.55 Å².